The first-order valence-corrected chi connectivity index (χ1v) is 7.41. The fourth-order valence-electron chi connectivity index (χ4n) is 2.56. The fraction of sp³-hybridized carbons (Fsp3) is 0.714. The van der Waals surface area contributed by atoms with Crippen LogP contribution in [0, 0.1) is 5.92 Å². The monoisotopic (exact) mass is 334 g/mol. The van der Waals surface area contributed by atoms with Crippen LogP contribution in [0.1, 0.15) is 25.6 Å². The lowest BCUT2D eigenvalue weighted by Gasteiger charge is -2.35. The zero-order valence-corrected chi connectivity index (χ0v) is 13.3. The van der Waals surface area contributed by atoms with Crippen molar-refractivity contribution in [3.05, 3.63) is 18.0 Å². The molecule has 1 aliphatic heterocycles. The van der Waals surface area contributed by atoms with E-state index in [0.29, 0.717) is 0 Å². The van der Waals surface area contributed by atoms with E-state index in [0.717, 1.165) is 5.69 Å². The number of nitrogens with zero attached hydrogens (tertiary/aromatic N) is 3. The highest BCUT2D eigenvalue weighted by atomic mass is 19.4. The van der Waals surface area contributed by atoms with Crippen LogP contribution in [0.5, 0.6) is 0 Å². The molecule has 130 valence electrons. The number of halogens is 3. The van der Waals surface area contributed by atoms with Gasteiger partial charge in [0.1, 0.15) is 12.1 Å². The second kappa shape index (κ2) is 6.77. The summed E-state index contributed by atoms with van der Waals surface area (Å²) in [6, 6.07) is -0.830. The molecule has 0 radical (unpaired) electrons. The summed E-state index contributed by atoms with van der Waals surface area (Å²) in [5, 5.41) is 6.13. The lowest BCUT2D eigenvalue weighted by Crippen LogP contribution is -2.55. The van der Waals surface area contributed by atoms with E-state index >= 15 is 0 Å². The summed E-state index contributed by atoms with van der Waals surface area (Å²) in [6.45, 7) is 3.56. The molecular weight excluding hydrogens is 313 g/mol. The van der Waals surface area contributed by atoms with Crippen molar-refractivity contribution in [3.8, 4) is 0 Å². The highest BCUT2D eigenvalue weighted by molar-refractivity contribution is 5.74. The molecule has 1 aromatic rings. The molecular formula is C14H21F3N4O2. The van der Waals surface area contributed by atoms with Gasteiger partial charge >= 0.3 is 12.2 Å². The Balaban J connectivity index is 2.03. The summed E-state index contributed by atoms with van der Waals surface area (Å²) in [5.74, 6) is -0.743. The number of urea groups is 1. The Morgan fingerprint density at radius 1 is 1.48 bits per heavy atom. The number of hydrogen-bond donors (Lipinski definition) is 1. The lowest BCUT2D eigenvalue weighted by atomic mass is 10.0. The molecule has 2 amide bonds. The van der Waals surface area contributed by atoms with Gasteiger partial charge in [0.15, 0.2) is 0 Å². The maximum atomic E-state index is 13.0. The maximum absolute atomic E-state index is 13.0. The van der Waals surface area contributed by atoms with Crippen molar-refractivity contribution in [2.24, 2.45) is 13.0 Å². The number of rotatable bonds is 3. The summed E-state index contributed by atoms with van der Waals surface area (Å²) in [5.41, 5.74) is 0.777. The van der Waals surface area contributed by atoms with Crippen LogP contribution in [0.2, 0.25) is 0 Å². The Hall–Kier alpha value is -1.77. The van der Waals surface area contributed by atoms with Crippen molar-refractivity contribution in [1.29, 1.82) is 0 Å². The zero-order chi connectivity index (χ0) is 17.2. The highest BCUT2D eigenvalue weighted by Crippen LogP contribution is 2.26. The Morgan fingerprint density at radius 3 is 2.70 bits per heavy atom. The molecule has 0 bridgehead atoms. The third kappa shape index (κ3) is 4.15. The van der Waals surface area contributed by atoms with Crippen molar-refractivity contribution in [1.82, 2.24) is 20.0 Å². The second-order valence-corrected chi connectivity index (χ2v) is 5.90. The van der Waals surface area contributed by atoms with E-state index < -0.39 is 30.3 Å². The lowest BCUT2D eigenvalue weighted by molar-refractivity contribution is -0.163. The summed E-state index contributed by atoms with van der Waals surface area (Å²) in [4.78, 5) is 13.5. The molecule has 0 spiro atoms. The first-order chi connectivity index (χ1) is 10.7. The highest BCUT2D eigenvalue weighted by Gasteiger charge is 2.43. The number of carbonyl (C=O) groups is 1. The third-order valence-corrected chi connectivity index (χ3v) is 3.84. The van der Waals surface area contributed by atoms with Crippen molar-refractivity contribution < 1.29 is 22.7 Å². The minimum absolute atomic E-state index is 0.189. The van der Waals surface area contributed by atoms with Gasteiger partial charge < -0.3 is 15.0 Å². The van der Waals surface area contributed by atoms with Crippen LogP contribution in [-0.2, 0) is 11.8 Å². The van der Waals surface area contributed by atoms with Crippen molar-refractivity contribution in [2.45, 2.75) is 32.2 Å². The molecule has 9 heteroatoms. The average molecular weight is 334 g/mol. The molecule has 1 unspecified atom stereocenters. The van der Waals surface area contributed by atoms with Gasteiger partial charge in [-0.2, -0.15) is 18.3 Å². The predicted molar refractivity (Wildman–Crippen MR) is 76.7 cm³/mol. The minimum atomic E-state index is -4.47. The summed E-state index contributed by atoms with van der Waals surface area (Å²) < 4.78 is 46.2. The standard InChI is InChI=1S/C14H21F3N4O2/c1-9(2)12(14(15,16)17)19-13(22)21-6-7-23-11(8-21)10-4-5-18-20(10)3/h4-5,9,11-12H,6-8H2,1-3H3,(H,19,22)/t11?,12-/m0/s1. The Morgan fingerprint density at radius 2 is 2.17 bits per heavy atom. The van der Waals surface area contributed by atoms with Crippen molar-refractivity contribution in [3.63, 3.8) is 0 Å². The van der Waals surface area contributed by atoms with Gasteiger partial charge in [-0.3, -0.25) is 4.68 Å². The first-order valence-electron chi connectivity index (χ1n) is 7.41. The molecule has 0 aliphatic carbocycles. The normalized spacial score (nSPS) is 20.7. The number of aromatic nitrogens is 2. The maximum Gasteiger partial charge on any atom is 0.408 e. The molecule has 1 N–H and O–H groups in total. The van der Waals surface area contributed by atoms with Crippen molar-refractivity contribution >= 4 is 6.03 Å². The number of ether oxygens (including phenoxy) is 1. The molecule has 1 aromatic heterocycles. The van der Waals surface area contributed by atoms with E-state index in [4.69, 9.17) is 4.74 Å². The molecule has 2 heterocycles. The van der Waals surface area contributed by atoms with Gasteiger partial charge in [-0.1, -0.05) is 13.8 Å². The molecule has 1 saturated heterocycles. The number of nitrogens with one attached hydrogen (secondary N) is 1. The minimum Gasteiger partial charge on any atom is -0.368 e. The van der Waals surface area contributed by atoms with E-state index in [2.05, 4.69) is 10.4 Å². The molecule has 1 fully saturated rings. The Labute approximate surface area is 132 Å². The van der Waals surface area contributed by atoms with Crippen LogP contribution in [0.3, 0.4) is 0 Å². The SMILES string of the molecule is CC(C)[C@H](NC(=O)N1CCOC(c2ccnn2C)C1)C(F)(F)F. The Bertz CT molecular complexity index is 544. The van der Waals surface area contributed by atoms with Gasteiger partial charge in [0.2, 0.25) is 0 Å². The van der Waals surface area contributed by atoms with E-state index in [-0.39, 0.29) is 19.7 Å². The predicted octanol–water partition coefficient (Wildman–Crippen LogP) is 2.09. The van der Waals surface area contributed by atoms with E-state index in [1.54, 1.807) is 24.0 Å². The smallest absolute Gasteiger partial charge is 0.368 e. The van der Waals surface area contributed by atoms with E-state index in [1.165, 1.54) is 18.7 Å². The van der Waals surface area contributed by atoms with Gasteiger partial charge in [0, 0.05) is 19.8 Å². The van der Waals surface area contributed by atoms with E-state index in [9.17, 15) is 18.0 Å². The summed E-state index contributed by atoms with van der Waals surface area (Å²) in [6.07, 6.45) is -3.27. The van der Waals surface area contributed by atoms with Crippen LogP contribution in [0.15, 0.2) is 12.3 Å². The summed E-state index contributed by atoms with van der Waals surface area (Å²) >= 11 is 0. The number of amides is 2. The molecule has 0 saturated carbocycles. The van der Waals surface area contributed by atoms with Gasteiger partial charge in [0.25, 0.3) is 0 Å². The van der Waals surface area contributed by atoms with Crippen LogP contribution in [0.4, 0.5) is 18.0 Å². The van der Waals surface area contributed by atoms with E-state index in [1.807, 2.05) is 0 Å². The third-order valence-electron chi connectivity index (χ3n) is 3.84. The molecule has 6 nitrogen and oxygen atoms in total. The van der Waals surface area contributed by atoms with Gasteiger partial charge in [-0.05, 0) is 12.0 Å². The number of carbonyl (C=O) groups excluding carboxylic acids is 1. The van der Waals surface area contributed by atoms with Crippen LogP contribution in [0.25, 0.3) is 0 Å². The van der Waals surface area contributed by atoms with Crippen molar-refractivity contribution in [2.75, 3.05) is 19.7 Å². The van der Waals surface area contributed by atoms with Crippen LogP contribution >= 0.6 is 0 Å². The van der Waals surface area contributed by atoms with Gasteiger partial charge in [-0.15, -0.1) is 0 Å². The van der Waals surface area contributed by atoms with Crippen LogP contribution in [-0.4, -0.2) is 52.6 Å². The zero-order valence-electron chi connectivity index (χ0n) is 13.3. The topological polar surface area (TPSA) is 59.4 Å². The number of morpholine rings is 1. The molecule has 1 aliphatic rings. The molecule has 0 aromatic carbocycles. The number of alkyl halides is 3. The second-order valence-electron chi connectivity index (χ2n) is 5.90. The summed E-state index contributed by atoms with van der Waals surface area (Å²) in [7, 11) is 1.75. The van der Waals surface area contributed by atoms with Gasteiger partial charge in [0.05, 0.1) is 18.8 Å². The largest absolute Gasteiger partial charge is 0.408 e. The Kier molecular flexibility index (Phi) is 5.18. The molecule has 2 atom stereocenters. The average Bonchev–Trinajstić information content (AvgIpc) is 2.89. The molecule has 23 heavy (non-hydrogen) atoms. The first kappa shape index (κ1) is 17.6. The fourth-order valence-corrected chi connectivity index (χ4v) is 2.56. The molecule has 2 rings (SSSR count). The van der Waals surface area contributed by atoms with Crippen LogP contribution < -0.4 is 5.32 Å². The number of hydrogen-bond acceptors (Lipinski definition) is 3. The number of aryl methyl sites for hydroxylation is 1. The van der Waals surface area contributed by atoms with Gasteiger partial charge in [-0.25, -0.2) is 4.79 Å². The quantitative estimate of drug-likeness (QED) is 0.921.